The fourth-order valence-electron chi connectivity index (χ4n) is 3.15. The van der Waals surface area contributed by atoms with E-state index in [1.165, 1.54) is 0 Å². The van der Waals surface area contributed by atoms with Gasteiger partial charge in [-0.05, 0) is 37.0 Å². The van der Waals surface area contributed by atoms with Crippen molar-refractivity contribution in [1.29, 1.82) is 0 Å². The van der Waals surface area contributed by atoms with Crippen LogP contribution in [0.5, 0.6) is 5.75 Å². The van der Waals surface area contributed by atoms with Gasteiger partial charge in [-0.25, -0.2) is 4.79 Å². The number of para-hydroxylation sites is 1. The van der Waals surface area contributed by atoms with Crippen molar-refractivity contribution in [2.45, 2.75) is 31.7 Å². The van der Waals surface area contributed by atoms with E-state index in [1.54, 1.807) is 24.3 Å². The van der Waals surface area contributed by atoms with Crippen molar-refractivity contribution in [1.82, 2.24) is 10.2 Å². The SMILES string of the molecule is O=C(N[C@@H](Cc1ccccc1)C(=O)N1CCCCC1)Oc1ccccc1. The monoisotopic (exact) mass is 352 g/mol. The summed E-state index contributed by atoms with van der Waals surface area (Å²) >= 11 is 0. The maximum atomic E-state index is 12.9. The first-order valence-corrected chi connectivity index (χ1v) is 9.08. The zero-order valence-electron chi connectivity index (χ0n) is 14.8. The summed E-state index contributed by atoms with van der Waals surface area (Å²) < 4.78 is 5.30. The molecular weight excluding hydrogens is 328 g/mol. The number of likely N-dealkylation sites (tertiary alicyclic amines) is 1. The van der Waals surface area contributed by atoms with E-state index in [1.807, 2.05) is 41.3 Å². The minimum Gasteiger partial charge on any atom is -0.410 e. The van der Waals surface area contributed by atoms with Crippen molar-refractivity contribution < 1.29 is 14.3 Å². The molecule has 1 atom stereocenters. The molecule has 1 aliphatic rings. The van der Waals surface area contributed by atoms with E-state index in [0.717, 1.165) is 37.9 Å². The lowest BCUT2D eigenvalue weighted by molar-refractivity contribution is -0.134. The molecule has 0 aliphatic carbocycles. The third-order valence-corrected chi connectivity index (χ3v) is 4.49. The quantitative estimate of drug-likeness (QED) is 0.897. The van der Waals surface area contributed by atoms with Gasteiger partial charge in [-0.15, -0.1) is 0 Å². The lowest BCUT2D eigenvalue weighted by Crippen LogP contribution is -2.51. The van der Waals surface area contributed by atoms with Gasteiger partial charge >= 0.3 is 6.09 Å². The highest BCUT2D eigenvalue weighted by Crippen LogP contribution is 2.14. The van der Waals surface area contributed by atoms with Crippen molar-refractivity contribution in [3.05, 3.63) is 66.2 Å². The van der Waals surface area contributed by atoms with Crippen LogP contribution in [-0.2, 0) is 11.2 Å². The van der Waals surface area contributed by atoms with E-state index >= 15 is 0 Å². The molecule has 1 heterocycles. The topological polar surface area (TPSA) is 58.6 Å². The lowest BCUT2D eigenvalue weighted by atomic mass is 10.0. The smallest absolute Gasteiger partial charge is 0.410 e. The number of amides is 2. The molecule has 1 fully saturated rings. The van der Waals surface area contributed by atoms with Crippen molar-refractivity contribution in [3.63, 3.8) is 0 Å². The number of ether oxygens (including phenoxy) is 1. The predicted molar refractivity (Wildman–Crippen MR) is 100.0 cm³/mol. The number of benzene rings is 2. The average Bonchev–Trinajstić information content (AvgIpc) is 2.69. The molecule has 0 radical (unpaired) electrons. The van der Waals surface area contributed by atoms with E-state index in [9.17, 15) is 9.59 Å². The Morgan fingerprint density at radius 2 is 1.54 bits per heavy atom. The summed E-state index contributed by atoms with van der Waals surface area (Å²) in [7, 11) is 0. The third kappa shape index (κ3) is 5.09. The molecule has 0 spiro atoms. The highest BCUT2D eigenvalue weighted by Gasteiger charge is 2.27. The van der Waals surface area contributed by atoms with Gasteiger partial charge in [-0.1, -0.05) is 48.5 Å². The van der Waals surface area contributed by atoms with Gasteiger partial charge in [0.15, 0.2) is 0 Å². The molecule has 0 bridgehead atoms. The van der Waals surface area contributed by atoms with Crippen molar-refractivity contribution in [2.75, 3.05) is 13.1 Å². The fraction of sp³-hybridized carbons (Fsp3) is 0.333. The second kappa shape index (κ2) is 9.04. The summed E-state index contributed by atoms with van der Waals surface area (Å²) in [5.74, 6) is 0.410. The first-order valence-electron chi connectivity index (χ1n) is 9.08. The molecule has 2 aromatic rings. The van der Waals surface area contributed by atoms with Gasteiger partial charge in [0.25, 0.3) is 0 Å². The molecule has 1 N–H and O–H groups in total. The van der Waals surface area contributed by atoms with Gasteiger partial charge in [0.05, 0.1) is 0 Å². The van der Waals surface area contributed by atoms with Gasteiger partial charge in [0.1, 0.15) is 11.8 Å². The number of nitrogens with one attached hydrogen (secondary N) is 1. The van der Waals surface area contributed by atoms with Crippen LogP contribution in [0.2, 0.25) is 0 Å². The summed E-state index contributed by atoms with van der Waals surface area (Å²) in [5.41, 5.74) is 1.00. The molecule has 2 aromatic carbocycles. The van der Waals surface area contributed by atoms with Crippen molar-refractivity contribution >= 4 is 12.0 Å². The van der Waals surface area contributed by atoms with Crippen LogP contribution < -0.4 is 10.1 Å². The van der Waals surface area contributed by atoms with Crippen LogP contribution in [-0.4, -0.2) is 36.0 Å². The minimum atomic E-state index is -0.633. The Labute approximate surface area is 154 Å². The van der Waals surface area contributed by atoms with E-state index < -0.39 is 12.1 Å². The Bertz CT molecular complexity index is 713. The molecule has 2 amide bonds. The number of hydrogen-bond donors (Lipinski definition) is 1. The summed E-state index contributed by atoms with van der Waals surface area (Å²) in [6, 6.07) is 17.9. The normalized spacial score (nSPS) is 15.2. The number of hydrogen-bond acceptors (Lipinski definition) is 3. The summed E-state index contributed by atoms with van der Waals surface area (Å²) in [6.07, 6.45) is 3.01. The molecule has 0 aromatic heterocycles. The molecule has 1 aliphatic heterocycles. The minimum absolute atomic E-state index is 0.0430. The number of piperidine rings is 1. The Kier molecular flexibility index (Phi) is 6.25. The van der Waals surface area contributed by atoms with Crippen molar-refractivity contribution in [3.8, 4) is 5.75 Å². The molecular formula is C21H24N2O3. The Morgan fingerprint density at radius 3 is 2.19 bits per heavy atom. The van der Waals surface area contributed by atoms with Crippen LogP contribution in [0.3, 0.4) is 0 Å². The molecule has 136 valence electrons. The number of carbonyl (C=O) groups excluding carboxylic acids is 2. The largest absolute Gasteiger partial charge is 0.413 e. The molecule has 5 nitrogen and oxygen atoms in total. The highest BCUT2D eigenvalue weighted by atomic mass is 16.6. The van der Waals surface area contributed by atoms with Crippen LogP contribution in [0.15, 0.2) is 60.7 Å². The number of nitrogens with zero attached hydrogens (tertiary/aromatic N) is 1. The zero-order valence-corrected chi connectivity index (χ0v) is 14.8. The van der Waals surface area contributed by atoms with Gasteiger partial charge in [-0.2, -0.15) is 0 Å². The maximum Gasteiger partial charge on any atom is 0.413 e. The lowest BCUT2D eigenvalue weighted by Gasteiger charge is -2.30. The van der Waals surface area contributed by atoms with Crippen LogP contribution in [0.25, 0.3) is 0 Å². The second-order valence-corrected chi connectivity index (χ2v) is 6.48. The summed E-state index contributed by atoms with van der Waals surface area (Å²) in [5, 5.41) is 2.76. The van der Waals surface area contributed by atoms with Crippen LogP contribution >= 0.6 is 0 Å². The predicted octanol–water partition coefficient (Wildman–Crippen LogP) is 3.40. The molecule has 3 rings (SSSR count). The van der Waals surface area contributed by atoms with E-state index in [-0.39, 0.29) is 5.91 Å². The number of carbonyl (C=O) groups is 2. The average molecular weight is 352 g/mol. The van der Waals surface area contributed by atoms with Gasteiger partial charge in [0, 0.05) is 19.5 Å². The molecule has 0 unspecified atom stereocenters. The first kappa shape index (κ1) is 18.0. The second-order valence-electron chi connectivity index (χ2n) is 6.48. The fourth-order valence-corrected chi connectivity index (χ4v) is 3.15. The maximum absolute atomic E-state index is 12.9. The summed E-state index contributed by atoms with van der Waals surface area (Å²) in [6.45, 7) is 1.50. The standard InChI is InChI=1S/C21H24N2O3/c24-20(23-14-8-3-9-15-23)19(16-17-10-4-1-5-11-17)22-21(25)26-18-12-6-2-7-13-18/h1-2,4-7,10-13,19H,3,8-9,14-16H2,(H,22,25)/t19-/m0/s1. The van der Waals surface area contributed by atoms with Crippen LogP contribution in [0.4, 0.5) is 4.79 Å². The zero-order chi connectivity index (χ0) is 18.2. The van der Waals surface area contributed by atoms with Crippen LogP contribution in [0, 0.1) is 0 Å². The van der Waals surface area contributed by atoms with Gasteiger partial charge in [-0.3, -0.25) is 4.79 Å². The molecule has 5 heteroatoms. The molecule has 26 heavy (non-hydrogen) atoms. The Morgan fingerprint density at radius 1 is 0.923 bits per heavy atom. The number of rotatable bonds is 5. The highest BCUT2D eigenvalue weighted by molar-refractivity contribution is 5.86. The Hall–Kier alpha value is -2.82. The van der Waals surface area contributed by atoms with Crippen molar-refractivity contribution in [2.24, 2.45) is 0 Å². The molecule has 1 saturated heterocycles. The van der Waals surface area contributed by atoms with Gasteiger partial charge < -0.3 is 15.0 Å². The third-order valence-electron chi connectivity index (χ3n) is 4.49. The van der Waals surface area contributed by atoms with E-state index in [0.29, 0.717) is 12.2 Å². The van der Waals surface area contributed by atoms with Gasteiger partial charge in [0.2, 0.25) is 5.91 Å². The molecule has 0 saturated carbocycles. The van der Waals surface area contributed by atoms with Crippen LogP contribution in [0.1, 0.15) is 24.8 Å². The summed E-state index contributed by atoms with van der Waals surface area (Å²) in [4.78, 5) is 27.1. The van der Waals surface area contributed by atoms with E-state index in [2.05, 4.69) is 5.32 Å². The van der Waals surface area contributed by atoms with E-state index in [4.69, 9.17) is 4.74 Å². The Balaban J connectivity index is 1.69. The first-order chi connectivity index (χ1) is 12.7.